The van der Waals surface area contributed by atoms with Crippen molar-refractivity contribution in [3.8, 4) is 5.75 Å². The predicted octanol–water partition coefficient (Wildman–Crippen LogP) is 0.563. The van der Waals surface area contributed by atoms with Crippen LogP contribution >= 0.6 is 0 Å². The molecule has 0 bridgehead atoms. The van der Waals surface area contributed by atoms with Crippen LogP contribution in [0.15, 0.2) is 18.2 Å². The monoisotopic (exact) mass is 290 g/mol. The number of aromatic amines is 1. The molecular formula is C15H22N4O2. The van der Waals surface area contributed by atoms with E-state index in [2.05, 4.69) is 20.6 Å². The number of H-pyrrole nitrogens is 1. The topological polar surface area (TPSA) is 82.2 Å². The van der Waals surface area contributed by atoms with Crippen molar-refractivity contribution < 1.29 is 9.84 Å². The summed E-state index contributed by atoms with van der Waals surface area (Å²) >= 11 is 0. The summed E-state index contributed by atoms with van der Waals surface area (Å²) in [7, 11) is 0. The fourth-order valence-corrected chi connectivity index (χ4v) is 2.67. The van der Waals surface area contributed by atoms with E-state index in [9.17, 15) is 5.11 Å². The molecule has 6 heteroatoms. The lowest BCUT2D eigenvalue weighted by Gasteiger charge is -2.26. The zero-order chi connectivity index (χ0) is 14.7. The number of imidazole rings is 1. The van der Waals surface area contributed by atoms with Crippen molar-refractivity contribution in [3.05, 3.63) is 24.0 Å². The Morgan fingerprint density at radius 3 is 3.14 bits per heavy atom. The van der Waals surface area contributed by atoms with Gasteiger partial charge in [-0.25, -0.2) is 4.98 Å². The molecule has 1 saturated heterocycles. The van der Waals surface area contributed by atoms with Gasteiger partial charge in [-0.15, -0.1) is 0 Å². The summed E-state index contributed by atoms with van der Waals surface area (Å²) < 4.78 is 5.68. The maximum absolute atomic E-state index is 10.1. The van der Waals surface area contributed by atoms with Gasteiger partial charge in [-0.3, -0.25) is 0 Å². The first-order valence-electron chi connectivity index (χ1n) is 7.42. The highest BCUT2D eigenvalue weighted by Crippen LogP contribution is 2.19. The van der Waals surface area contributed by atoms with Crippen LogP contribution in [0.1, 0.15) is 12.2 Å². The maximum atomic E-state index is 10.1. The number of fused-ring (bicyclic) bond motifs is 1. The van der Waals surface area contributed by atoms with E-state index in [1.54, 1.807) is 0 Å². The van der Waals surface area contributed by atoms with Crippen molar-refractivity contribution in [1.29, 1.82) is 0 Å². The van der Waals surface area contributed by atoms with Crippen molar-refractivity contribution >= 4 is 11.0 Å². The van der Waals surface area contributed by atoms with Gasteiger partial charge in [0.1, 0.15) is 18.2 Å². The van der Waals surface area contributed by atoms with Crippen molar-refractivity contribution in [2.75, 3.05) is 26.2 Å². The number of aryl methyl sites for hydroxylation is 1. The van der Waals surface area contributed by atoms with Gasteiger partial charge in [-0.2, -0.15) is 0 Å². The third-order valence-electron chi connectivity index (χ3n) is 3.70. The molecule has 0 saturated carbocycles. The van der Waals surface area contributed by atoms with E-state index in [0.717, 1.165) is 42.2 Å². The Hall–Kier alpha value is -1.63. The molecule has 2 unspecified atom stereocenters. The zero-order valence-corrected chi connectivity index (χ0v) is 12.2. The quantitative estimate of drug-likeness (QED) is 0.647. The number of nitrogens with one attached hydrogen (secondary N) is 3. The molecule has 2 heterocycles. The molecule has 6 nitrogen and oxygen atoms in total. The van der Waals surface area contributed by atoms with Crippen LogP contribution in [0, 0.1) is 6.92 Å². The predicted molar refractivity (Wildman–Crippen MR) is 81.6 cm³/mol. The van der Waals surface area contributed by atoms with Crippen LogP contribution < -0.4 is 15.4 Å². The Kier molecular flexibility index (Phi) is 4.38. The molecule has 1 fully saturated rings. The molecule has 0 spiro atoms. The summed E-state index contributed by atoms with van der Waals surface area (Å²) in [5.74, 6) is 1.64. The van der Waals surface area contributed by atoms with Crippen LogP contribution in [0.3, 0.4) is 0 Å². The molecule has 4 N–H and O–H groups in total. The minimum absolute atomic E-state index is 0.302. The molecule has 2 aromatic rings. The number of rotatable bonds is 5. The summed E-state index contributed by atoms with van der Waals surface area (Å²) in [6.45, 7) is 5.07. The average molecular weight is 290 g/mol. The Bertz CT molecular complexity index is 592. The van der Waals surface area contributed by atoms with E-state index in [1.807, 2.05) is 25.1 Å². The standard InChI is InChI=1S/C15H22N4O2/c1-10-18-14-3-2-13(7-15(14)19-10)21-9-12(20)6-11-8-16-4-5-17-11/h2-3,7,11-12,16-17,20H,4-6,8-9H2,1H3,(H,18,19). The second-order valence-electron chi connectivity index (χ2n) is 5.56. The van der Waals surface area contributed by atoms with Crippen LogP contribution in [0.25, 0.3) is 11.0 Å². The molecule has 0 radical (unpaired) electrons. The molecule has 114 valence electrons. The fourth-order valence-electron chi connectivity index (χ4n) is 2.67. The van der Waals surface area contributed by atoms with E-state index in [1.165, 1.54) is 0 Å². The van der Waals surface area contributed by atoms with Crippen LogP contribution in [-0.4, -0.2) is 53.5 Å². The second-order valence-corrected chi connectivity index (χ2v) is 5.56. The minimum Gasteiger partial charge on any atom is -0.491 e. The molecule has 1 aliphatic rings. The maximum Gasteiger partial charge on any atom is 0.121 e. The number of aliphatic hydroxyl groups excluding tert-OH is 1. The van der Waals surface area contributed by atoms with E-state index >= 15 is 0 Å². The van der Waals surface area contributed by atoms with E-state index in [4.69, 9.17) is 4.74 Å². The zero-order valence-electron chi connectivity index (χ0n) is 12.2. The summed E-state index contributed by atoms with van der Waals surface area (Å²) in [6, 6.07) is 6.04. The molecule has 1 aromatic heterocycles. The van der Waals surface area contributed by atoms with Crippen LogP contribution in [0.2, 0.25) is 0 Å². The lowest BCUT2D eigenvalue weighted by molar-refractivity contribution is 0.0883. The lowest BCUT2D eigenvalue weighted by atomic mass is 10.1. The molecule has 0 aliphatic carbocycles. The second kappa shape index (κ2) is 6.43. The van der Waals surface area contributed by atoms with Gasteiger partial charge in [0, 0.05) is 31.7 Å². The van der Waals surface area contributed by atoms with Crippen molar-refractivity contribution in [2.24, 2.45) is 0 Å². The molecule has 3 rings (SSSR count). The van der Waals surface area contributed by atoms with Crippen LogP contribution in [0.5, 0.6) is 5.75 Å². The van der Waals surface area contributed by atoms with E-state index in [0.29, 0.717) is 19.1 Å². The van der Waals surface area contributed by atoms with Gasteiger partial charge >= 0.3 is 0 Å². The van der Waals surface area contributed by atoms with Crippen molar-refractivity contribution in [3.63, 3.8) is 0 Å². The number of aliphatic hydroxyl groups is 1. The first-order chi connectivity index (χ1) is 10.2. The van der Waals surface area contributed by atoms with E-state index < -0.39 is 6.10 Å². The van der Waals surface area contributed by atoms with Gasteiger partial charge in [-0.05, 0) is 25.5 Å². The highest BCUT2D eigenvalue weighted by atomic mass is 16.5. The SMILES string of the molecule is Cc1nc2ccc(OCC(O)CC3CNCCN3)cc2[nH]1. The summed E-state index contributed by atoms with van der Waals surface area (Å²) in [5.41, 5.74) is 1.88. The minimum atomic E-state index is -0.471. The Morgan fingerprint density at radius 1 is 1.43 bits per heavy atom. The number of aromatic nitrogens is 2. The summed E-state index contributed by atoms with van der Waals surface area (Å²) in [4.78, 5) is 7.53. The number of ether oxygens (including phenoxy) is 1. The first kappa shape index (κ1) is 14.3. The van der Waals surface area contributed by atoms with Gasteiger partial charge in [0.2, 0.25) is 0 Å². The largest absolute Gasteiger partial charge is 0.491 e. The first-order valence-corrected chi connectivity index (χ1v) is 7.42. The highest BCUT2D eigenvalue weighted by Gasteiger charge is 2.17. The molecule has 21 heavy (non-hydrogen) atoms. The van der Waals surface area contributed by atoms with E-state index in [-0.39, 0.29) is 0 Å². The fraction of sp³-hybridized carbons (Fsp3) is 0.533. The molecule has 1 aliphatic heterocycles. The number of benzene rings is 1. The Balaban J connectivity index is 1.52. The Morgan fingerprint density at radius 2 is 2.33 bits per heavy atom. The lowest BCUT2D eigenvalue weighted by Crippen LogP contribution is -2.49. The molecule has 0 amide bonds. The number of hydrogen-bond acceptors (Lipinski definition) is 5. The van der Waals surface area contributed by atoms with Crippen molar-refractivity contribution in [1.82, 2.24) is 20.6 Å². The van der Waals surface area contributed by atoms with Crippen molar-refractivity contribution in [2.45, 2.75) is 25.5 Å². The van der Waals surface area contributed by atoms with Gasteiger partial charge < -0.3 is 25.5 Å². The summed E-state index contributed by atoms with van der Waals surface area (Å²) in [6.07, 6.45) is 0.222. The number of piperazine rings is 1. The molecule has 1 aromatic carbocycles. The number of nitrogens with zero attached hydrogens (tertiary/aromatic N) is 1. The van der Waals surface area contributed by atoms with Crippen LogP contribution in [0.4, 0.5) is 0 Å². The van der Waals surface area contributed by atoms with Gasteiger partial charge in [0.05, 0.1) is 17.1 Å². The average Bonchev–Trinajstić information content (AvgIpc) is 2.85. The third kappa shape index (κ3) is 3.72. The number of hydrogen-bond donors (Lipinski definition) is 4. The Labute approximate surface area is 123 Å². The van der Waals surface area contributed by atoms with Gasteiger partial charge in [0.15, 0.2) is 0 Å². The van der Waals surface area contributed by atoms with Gasteiger partial charge in [-0.1, -0.05) is 0 Å². The highest BCUT2D eigenvalue weighted by molar-refractivity contribution is 5.76. The summed E-state index contributed by atoms with van der Waals surface area (Å²) in [5, 5.41) is 16.8. The van der Waals surface area contributed by atoms with Crippen LogP contribution in [-0.2, 0) is 0 Å². The third-order valence-corrected chi connectivity index (χ3v) is 3.70. The normalized spacial score (nSPS) is 20.6. The van der Waals surface area contributed by atoms with Gasteiger partial charge in [0.25, 0.3) is 0 Å². The smallest absolute Gasteiger partial charge is 0.121 e. The molecular weight excluding hydrogens is 268 g/mol. The molecule has 2 atom stereocenters.